The number of ketones is 1. The summed E-state index contributed by atoms with van der Waals surface area (Å²) in [6.07, 6.45) is -1.96. The molecule has 214 valence electrons. The first-order valence-electron chi connectivity index (χ1n) is 13.7. The zero-order valence-corrected chi connectivity index (χ0v) is 22.5. The van der Waals surface area contributed by atoms with E-state index in [0.29, 0.717) is 34.9 Å². The number of para-hydroxylation sites is 2. The third-order valence-electron chi connectivity index (χ3n) is 7.50. The molecule has 5 nitrogen and oxygen atoms in total. The Kier molecular flexibility index (Phi) is 8.15. The summed E-state index contributed by atoms with van der Waals surface area (Å²) in [7, 11) is 0. The SMILES string of the molecule is CCCCCOc1ccc([C@@H]2C3=C(C[C@@H](c4ccc(F)cc4)CC3=O)Nc3ccccc3N2C(=O)C(F)(F)F)cc1. The number of ether oxygens (including phenoxy) is 1. The number of nitrogens with zero attached hydrogens (tertiary/aromatic N) is 1. The molecule has 1 amide bonds. The summed E-state index contributed by atoms with van der Waals surface area (Å²) in [5.74, 6) is -2.63. The fourth-order valence-corrected chi connectivity index (χ4v) is 5.52. The molecule has 0 saturated heterocycles. The maximum absolute atomic E-state index is 14.1. The normalized spacial score (nSPS) is 18.8. The van der Waals surface area contributed by atoms with Crippen molar-refractivity contribution in [3.05, 3.63) is 101 Å². The minimum absolute atomic E-state index is 0.00562. The van der Waals surface area contributed by atoms with Gasteiger partial charge in [0.25, 0.3) is 0 Å². The first-order chi connectivity index (χ1) is 19.7. The van der Waals surface area contributed by atoms with Crippen LogP contribution in [0.25, 0.3) is 0 Å². The van der Waals surface area contributed by atoms with E-state index in [2.05, 4.69) is 12.2 Å². The number of amides is 1. The molecular formula is C32H30F4N2O3. The van der Waals surface area contributed by atoms with Gasteiger partial charge in [0.15, 0.2) is 5.78 Å². The molecule has 2 aliphatic rings. The zero-order chi connectivity index (χ0) is 29.1. The number of benzene rings is 3. The van der Waals surface area contributed by atoms with Crippen LogP contribution in [0.5, 0.6) is 5.75 Å². The standard InChI is InChI=1S/C32H30F4N2O3/c1-2-3-6-17-41-24-15-11-21(12-16-24)30-29-26(18-22(19-28(29)39)20-9-13-23(33)14-10-20)37-25-7-4-5-8-27(25)38(30)31(40)32(34,35)36/h4-5,7-16,22,30,37H,2-3,6,17-19H2,1H3/t22-,30-/m1/s1. The highest BCUT2D eigenvalue weighted by Gasteiger charge is 2.50. The van der Waals surface area contributed by atoms with Crippen LogP contribution in [0, 0.1) is 5.82 Å². The van der Waals surface area contributed by atoms with Gasteiger partial charge in [0, 0.05) is 17.7 Å². The van der Waals surface area contributed by atoms with Crippen LogP contribution in [0.2, 0.25) is 0 Å². The maximum Gasteiger partial charge on any atom is 0.471 e. The summed E-state index contributed by atoms with van der Waals surface area (Å²) in [5.41, 5.74) is 1.93. The number of carbonyl (C=O) groups is 2. The average Bonchev–Trinajstić information content (AvgIpc) is 3.10. The fourth-order valence-electron chi connectivity index (χ4n) is 5.52. The number of nitrogens with one attached hydrogen (secondary N) is 1. The Labute approximate surface area is 235 Å². The number of carbonyl (C=O) groups excluding carboxylic acids is 2. The maximum atomic E-state index is 14.1. The van der Waals surface area contributed by atoms with Crippen molar-refractivity contribution in [2.45, 2.75) is 57.2 Å². The number of rotatable bonds is 7. The van der Waals surface area contributed by atoms with Gasteiger partial charge in [0.2, 0.25) is 0 Å². The molecule has 3 aromatic rings. The van der Waals surface area contributed by atoms with Gasteiger partial charge >= 0.3 is 12.1 Å². The van der Waals surface area contributed by atoms with Crippen molar-refractivity contribution in [1.82, 2.24) is 0 Å². The molecule has 1 aliphatic carbocycles. The Morgan fingerprint density at radius 2 is 1.63 bits per heavy atom. The molecule has 2 atom stereocenters. The van der Waals surface area contributed by atoms with E-state index >= 15 is 0 Å². The molecule has 0 fully saturated rings. The quantitative estimate of drug-likeness (QED) is 0.234. The second kappa shape index (κ2) is 11.8. The highest BCUT2D eigenvalue weighted by atomic mass is 19.4. The van der Waals surface area contributed by atoms with Crippen LogP contribution in [0.3, 0.4) is 0 Å². The summed E-state index contributed by atoms with van der Waals surface area (Å²) < 4.78 is 61.6. The smallest absolute Gasteiger partial charge is 0.471 e. The first kappa shape index (κ1) is 28.4. The summed E-state index contributed by atoms with van der Waals surface area (Å²) in [5, 5.41) is 3.19. The van der Waals surface area contributed by atoms with Gasteiger partial charge in [-0.2, -0.15) is 13.2 Å². The van der Waals surface area contributed by atoms with Crippen molar-refractivity contribution in [2.75, 3.05) is 16.8 Å². The minimum atomic E-state index is -5.19. The second-order valence-corrected chi connectivity index (χ2v) is 10.3. The number of allylic oxidation sites excluding steroid dienone is 1. The Morgan fingerprint density at radius 1 is 0.951 bits per heavy atom. The molecule has 9 heteroatoms. The zero-order valence-electron chi connectivity index (χ0n) is 22.5. The third-order valence-corrected chi connectivity index (χ3v) is 7.50. The molecule has 1 aliphatic heterocycles. The van der Waals surface area contributed by atoms with E-state index in [1.807, 2.05) is 0 Å². The Bertz CT molecular complexity index is 1450. The molecule has 0 spiro atoms. The number of hydrogen-bond acceptors (Lipinski definition) is 4. The Morgan fingerprint density at radius 3 is 2.32 bits per heavy atom. The molecule has 5 rings (SSSR count). The lowest BCUT2D eigenvalue weighted by Gasteiger charge is -2.35. The van der Waals surface area contributed by atoms with Gasteiger partial charge in [0.05, 0.1) is 24.0 Å². The van der Waals surface area contributed by atoms with E-state index in [1.54, 1.807) is 54.6 Å². The monoisotopic (exact) mass is 566 g/mol. The third kappa shape index (κ3) is 5.99. The number of fused-ring (bicyclic) bond motifs is 1. The van der Waals surface area contributed by atoms with E-state index in [1.165, 1.54) is 18.2 Å². The van der Waals surface area contributed by atoms with Crippen LogP contribution in [0.15, 0.2) is 84.1 Å². The van der Waals surface area contributed by atoms with Crippen LogP contribution >= 0.6 is 0 Å². The molecule has 0 aromatic heterocycles. The number of halogens is 4. The van der Waals surface area contributed by atoms with Gasteiger partial charge in [-0.25, -0.2) is 4.39 Å². The Hall–Kier alpha value is -4.14. The van der Waals surface area contributed by atoms with Gasteiger partial charge in [-0.15, -0.1) is 0 Å². The van der Waals surface area contributed by atoms with Crippen LogP contribution in [-0.4, -0.2) is 24.5 Å². The number of anilines is 2. The molecule has 0 unspecified atom stereocenters. The van der Waals surface area contributed by atoms with Crippen molar-refractivity contribution in [2.24, 2.45) is 0 Å². The second-order valence-electron chi connectivity index (χ2n) is 10.3. The topological polar surface area (TPSA) is 58.6 Å². The molecule has 0 bridgehead atoms. The fraction of sp³-hybridized carbons (Fsp3) is 0.312. The van der Waals surface area contributed by atoms with Crippen LogP contribution in [0.1, 0.15) is 62.1 Å². The molecule has 0 saturated carbocycles. The van der Waals surface area contributed by atoms with Crippen molar-refractivity contribution >= 4 is 23.1 Å². The predicted molar refractivity (Wildman–Crippen MR) is 148 cm³/mol. The molecule has 3 aromatic carbocycles. The van der Waals surface area contributed by atoms with Crippen molar-refractivity contribution in [3.8, 4) is 5.75 Å². The largest absolute Gasteiger partial charge is 0.494 e. The molecule has 41 heavy (non-hydrogen) atoms. The lowest BCUT2D eigenvalue weighted by atomic mass is 9.78. The van der Waals surface area contributed by atoms with Crippen LogP contribution < -0.4 is 15.0 Å². The number of hydrogen-bond donors (Lipinski definition) is 1. The number of Topliss-reactive ketones (excluding diaryl/α,β-unsaturated/α-hetero) is 1. The van der Waals surface area contributed by atoms with E-state index in [4.69, 9.17) is 4.74 Å². The van der Waals surface area contributed by atoms with Crippen molar-refractivity contribution in [1.29, 1.82) is 0 Å². The van der Waals surface area contributed by atoms with E-state index in [-0.39, 0.29) is 35.1 Å². The molecular weight excluding hydrogens is 536 g/mol. The lowest BCUT2D eigenvalue weighted by Crippen LogP contribution is -2.45. The van der Waals surface area contributed by atoms with Crippen LogP contribution in [-0.2, 0) is 9.59 Å². The van der Waals surface area contributed by atoms with Gasteiger partial charge in [-0.1, -0.05) is 56.2 Å². The molecule has 1 N–H and O–H groups in total. The van der Waals surface area contributed by atoms with Gasteiger partial charge in [-0.05, 0) is 66.3 Å². The van der Waals surface area contributed by atoms with E-state index in [0.717, 1.165) is 24.8 Å². The van der Waals surface area contributed by atoms with Crippen molar-refractivity contribution in [3.63, 3.8) is 0 Å². The molecule has 0 radical (unpaired) electrons. The van der Waals surface area contributed by atoms with E-state index in [9.17, 15) is 27.2 Å². The summed E-state index contributed by atoms with van der Waals surface area (Å²) >= 11 is 0. The van der Waals surface area contributed by atoms with Gasteiger partial charge in [-0.3, -0.25) is 14.5 Å². The average molecular weight is 567 g/mol. The predicted octanol–water partition coefficient (Wildman–Crippen LogP) is 7.86. The number of alkyl halides is 3. The summed E-state index contributed by atoms with van der Waals surface area (Å²) in [6, 6.07) is 17.3. The van der Waals surface area contributed by atoms with E-state index < -0.39 is 23.9 Å². The molecule has 1 heterocycles. The summed E-state index contributed by atoms with van der Waals surface area (Å²) in [4.78, 5) is 27.6. The highest BCUT2D eigenvalue weighted by Crippen LogP contribution is 2.48. The van der Waals surface area contributed by atoms with Crippen molar-refractivity contribution < 1.29 is 31.9 Å². The lowest BCUT2D eigenvalue weighted by molar-refractivity contribution is -0.170. The highest BCUT2D eigenvalue weighted by molar-refractivity contribution is 6.07. The minimum Gasteiger partial charge on any atom is -0.494 e. The summed E-state index contributed by atoms with van der Waals surface area (Å²) in [6.45, 7) is 2.59. The first-order valence-corrected chi connectivity index (χ1v) is 13.7. The van der Waals surface area contributed by atoms with Crippen LogP contribution in [0.4, 0.5) is 28.9 Å². The number of unbranched alkanes of at least 4 members (excludes halogenated alkanes) is 2. The Balaban J connectivity index is 1.62. The van der Waals surface area contributed by atoms with Gasteiger partial charge in [0.1, 0.15) is 11.6 Å². The van der Waals surface area contributed by atoms with Gasteiger partial charge < -0.3 is 10.1 Å².